The molecule has 1 heterocycles. The monoisotopic (exact) mass is 438 g/mol. The van der Waals surface area contributed by atoms with Crippen LogP contribution in [0.2, 0.25) is 0 Å². The van der Waals surface area contributed by atoms with Gasteiger partial charge in [-0.2, -0.15) is 0 Å². The quantitative estimate of drug-likeness (QED) is 0.465. The minimum Gasteiger partial charge on any atom is -0.337 e. The maximum absolute atomic E-state index is 13.8. The minimum atomic E-state index is -0.859. The van der Waals surface area contributed by atoms with Gasteiger partial charge >= 0.3 is 0 Å². The summed E-state index contributed by atoms with van der Waals surface area (Å²) < 4.78 is 28.3. The van der Waals surface area contributed by atoms with Crippen LogP contribution >= 0.6 is 27.7 Å². The Morgan fingerprint density at radius 2 is 2.00 bits per heavy atom. The lowest BCUT2D eigenvalue weighted by Crippen LogP contribution is -2.17. The van der Waals surface area contributed by atoms with E-state index in [0.29, 0.717) is 16.9 Å². The number of benzene rings is 2. The van der Waals surface area contributed by atoms with E-state index in [4.69, 9.17) is 5.84 Å². The van der Waals surface area contributed by atoms with E-state index in [9.17, 15) is 13.6 Å². The van der Waals surface area contributed by atoms with Crippen molar-refractivity contribution in [2.24, 2.45) is 0 Å². The first kappa shape index (κ1) is 18.4. The van der Waals surface area contributed by atoms with Gasteiger partial charge in [-0.3, -0.25) is 4.79 Å². The number of rotatable bonds is 5. The number of carbonyl (C=O) groups excluding carboxylic acids is 1. The standard InChI is InChI=1S/C17H13BrF2N4OS/c18-12-6-11(19)7-13(20)16(12)23-15(25)9-26-17-22-14(8-24(17)21)10-4-2-1-3-5-10/h1-8H,9,21H2,(H,23,25). The summed E-state index contributed by atoms with van der Waals surface area (Å²) in [5.74, 6) is 3.78. The lowest BCUT2D eigenvalue weighted by Gasteiger charge is -2.08. The summed E-state index contributed by atoms with van der Waals surface area (Å²) in [7, 11) is 0. The summed E-state index contributed by atoms with van der Waals surface area (Å²) in [5.41, 5.74) is 1.47. The van der Waals surface area contributed by atoms with Crippen molar-refractivity contribution in [2.45, 2.75) is 5.16 Å². The molecule has 1 aromatic heterocycles. The van der Waals surface area contributed by atoms with Gasteiger partial charge in [0.2, 0.25) is 5.91 Å². The van der Waals surface area contributed by atoms with Crippen LogP contribution in [0.5, 0.6) is 0 Å². The van der Waals surface area contributed by atoms with E-state index in [1.807, 2.05) is 30.3 Å². The Hall–Kier alpha value is -2.39. The Morgan fingerprint density at radius 3 is 2.69 bits per heavy atom. The van der Waals surface area contributed by atoms with Crippen LogP contribution in [0.3, 0.4) is 0 Å². The lowest BCUT2D eigenvalue weighted by atomic mass is 10.2. The van der Waals surface area contributed by atoms with E-state index in [0.717, 1.165) is 23.4 Å². The molecule has 3 N–H and O–H groups in total. The number of halogens is 3. The summed E-state index contributed by atoms with van der Waals surface area (Å²) >= 11 is 4.13. The molecule has 5 nitrogen and oxygen atoms in total. The first-order valence-corrected chi connectivity index (χ1v) is 9.19. The highest BCUT2D eigenvalue weighted by atomic mass is 79.9. The highest BCUT2D eigenvalue weighted by Crippen LogP contribution is 2.28. The zero-order valence-corrected chi connectivity index (χ0v) is 15.7. The molecule has 0 unspecified atom stereocenters. The first-order valence-electron chi connectivity index (χ1n) is 7.41. The molecule has 0 aliphatic carbocycles. The van der Waals surface area contributed by atoms with Crippen molar-refractivity contribution in [3.05, 3.63) is 64.8 Å². The van der Waals surface area contributed by atoms with Crippen LogP contribution in [0, 0.1) is 11.6 Å². The van der Waals surface area contributed by atoms with Crippen LogP contribution < -0.4 is 11.2 Å². The molecule has 26 heavy (non-hydrogen) atoms. The van der Waals surface area contributed by atoms with Gasteiger partial charge in [0.15, 0.2) is 11.0 Å². The Bertz CT molecular complexity index is 926. The normalized spacial score (nSPS) is 10.7. The lowest BCUT2D eigenvalue weighted by molar-refractivity contribution is -0.113. The van der Waals surface area contributed by atoms with Gasteiger partial charge in [-0.15, -0.1) is 0 Å². The van der Waals surface area contributed by atoms with Crippen molar-refractivity contribution in [1.29, 1.82) is 0 Å². The first-order chi connectivity index (χ1) is 12.4. The molecule has 0 atom stereocenters. The number of thioether (sulfide) groups is 1. The summed E-state index contributed by atoms with van der Waals surface area (Å²) in [6, 6.07) is 11.3. The molecular formula is C17H13BrF2N4OS. The highest BCUT2D eigenvalue weighted by Gasteiger charge is 2.15. The maximum Gasteiger partial charge on any atom is 0.234 e. The number of nitrogens with one attached hydrogen (secondary N) is 1. The zero-order chi connectivity index (χ0) is 18.7. The van der Waals surface area contributed by atoms with Gasteiger partial charge < -0.3 is 11.2 Å². The summed E-state index contributed by atoms with van der Waals surface area (Å²) in [4.78, 5) is 16.5. The van der Waals surface area contributed by atoms with E-state index in [1.54, 1.807) is 6.20 Å². The van der Waals surface area contributed by atoms with E-state index in [2.05, 4.69) is 26.2 Å². The Kier molecular flexibility index (Phi) is 5.58. The van der Waals surface area contributed by atoms with Crippen molar-refractivity contribution < 1.29 is 13.6 Å². The SMILES string of the molecule is Nn1cc(-c2ccccc2)nc1SCC(=O)Nc1c(F)cc(F)cc1Br. The van der Waals surface area contributed by atoms with Crippen LogP contribution in [-0.2, 0) is 4.79 Å². The number of imidazole rings is 1. The molecule has 0 aliphatic heterocycles. The highest BCUT2D eigenvalue weighted by molar-refractivity contribution is 9.10. The van der Waals surface area contributed by atoms with Gasteiger partial charge in [-0.25, -0.2) is 18.4 Å². The molecule has 1 amide bonds. The van der Waals surface area contributed by atoms with Gasteiger partial charge in [0.05, 0.1) is 23.3 Å². The smallest absolute Gasteiger partial charge is 0.234 e. The molecular weight excluding hydrogens is 426 g/mol. The van der Waals surface area contributed by atoms with Crippen LogP contribution in [0.25, 0.3) is 11.3 Å². The molecule has 3 rings (SSSR count). The second-order valence-electron chi connectivity index (χ2n) is 5.26. The second-order valence-corrected chi connectivity index (χ2v) is 7.06. The summed E-state index contributed by atoms with van der Waals surface area (Å²) in [6.45, 7) is 0. The molecule has 0 fully saturated rings. The van der Waals surface area contributed by atoms with E-state index in [-0.39, 0.29) is 15.9 Å². The zero-order valence-electron chi connectivity index (χ0n) is 13.2. The van der Waals surface area contributed by atoms with Crippen molar-refractivity contribution >= 4 is 39.3 Å². The van der Waals surface area contributed by atoms with Crippen LogP contribution in [0.15, 0.2) is 58.3 Å². The van der Waals surface area contributed by atoms with Crippen molar-refractivity contribution in [3.63, 3.8) is 0 Å². The van der Waals surface area contributed by atoms with E-state index < -0.39 is 17.5 Å². The molecule has 0 aliphatic rings. The molecule has 0 radical (unpaired) electrons. The van der Waals surface area contributed by atoms with Gasteiger partial charge in [0, 0.05) is 16.1 Å². The third-order valence-corrected chi connectivity index (χ3v) is 4.96. The predicted octanol–water partition coefficient (Wildman–Crippen LogP) is 4.04. The maximum atomic E-state index is 13.8. The van der Waals surface area contributed by atoms with Gasteiger partial charge in [0.1, 0.15) is 5.82 Å². The Morgan fingerprint density at radius 1 is 1.27 bits per heavy atom. The second kappa shape index (κ2) is 7.88. The largest absolute Gasteiger partial charge is 0.337 e. The third-order valence-electron chi connectivity index (χ3n) is 3.37. The van der Waals surface area contributed by atoms with Crippen molar-refractivity contribution in [1.82, 2.24) is 9.66 Å². The van der Waals surface area contributed by atoms with Crippen molar-refractivity contribution in [2.75, 3.05) is 16.9 Å². The molecule has 2 aromatic carbocycles. The fourth-order valence-electron chi connectivity index (χ4n) is 2.20. The third kappa shape index (κ3) is 4.23. The molecule has 0 spiro atoms. The minimum absolute atomic E-state index is 0.0360. The van der Waals surface area contributed by atoms with Gasteiger partial charge in [0.25, 0.3) is 0 Å². The average Bonchev–Trinajstić information content (AvgIpc) is 2.98. The number of hydrogen-bond donors (Lipinski definition) is 2. The van der Waals surface area contributed by atoms with Crippen LogP contribution in [0.1, 0.15) is 0 Å². The molecule has 134 valence electrons. The number of hydrogen-bond acceptors (Lipinski definition) is 4. The fourth-order valence-corrected chi connectivity index (χ4v) is 3.40. The molecule has 0 bridgehead atoms. The number of aromatic nitrogens is 2. The Balaban J connectivity index is 1.66. The van der Waals surface area contributed by atoms with E-state index in [1.165, 1.54) is 4.68 Å². The molecule has 9 heteroatoms. The molecule has 3 aromatic rings. The fraction of sp³-hybridized carbons (Fsp3) is 0.0588. The number of carbonyl (C=O) groups is 1. The van der Waals surface area contributed by atoms with Gasteiger partial charge in [-0.05, 0) is 22.0 Å². The van der Waals surface area contributed by atoms with Crippen LogP contribution in [0.4, 0.5) is 14.5 Å². The summed E-state index contributed by atoms with van der Waals surface area (Å²) in [6.07, 6.45) is 1.66. The number of anilines is 1. The van der Waals surface area contributed by atoms with Gasteiger partial charge in [-0.1, -0.05) is 42.1 Å². The van der Waals surface area contributed by atoms with E-state index >= 15 is 0 Å². The van der Waals surface area contributed by atoms with Crippen LogP contribution in [-0.4, -0.2) is 21.3 Å². The number of nitrogens with zero attached hydrogens (tertiary/aromatic N) is 2. The average molecular weight is 439 g/mol. The number of nitrogens with two attached hydrogens (primary N) is 1. The molecule has 0 saturated carbocycles. The Labute approximate surface area is 160 Å². The topological polar surface area (TPSA) is 72.9 Å². The predicted molar refractivity (Wildman–Crippen MR) is 101 cm³/mol. The van der Waals surface area contributed by atoms with Crippen molar-refractivity contribution in [3.8, 4) is 11.3 Å². The molecule has 0 saturated heterocycles. The number of nitrogen functional groups attached to an aromatic ring is 1. The number of amides is 1. The summed E-state index contributed by atoms with van der Waals surface area (Å²) in [5, 5.41) is 2.85.